The maximum Gasteiger partial charge on any atom is 0.220 e. The molecule has 0 unspecified atom stereocenters. The Bertz CT molecular complexity index is 1190. The van der Waals surface area contributed by atoms with Crippen LogP contribution in [0.2, 0.25) is 0 Å². The predicted octanol–water partition coefficient (Wildman–Crippen LogP) is 5.39. The number of amides is 1. The van der Waals surface area contributed by atoms with E-state index in [0.29, 0.717) is 26.2 Å². The molecule has 0 spiro atoms. The average molecular weight is 458 g/mol. The zero-order valence-electron chi connectivity index (χ0n) is 19.6. The summed E-state index contributed by atoms with van der Waals surface area (Å²) in [7, 11) is 1.63. The monoisotopic (exact) mass is 457 g/mol. The van der Waals surface area contributed by atoms with E-state index in [2.05, 4.69) is 40.2 Å². The van der Waals surface area contributed by atoms with Crippen LogP contribution in [0.15, 0.2) is 78.9 Å². The zero-order chi connectivity index (χ0) is 23.6. The number of rotatable bonds is 12. The molecule has 0 fully saturated rings. The summed E-state index contributed by atoms with van der Waals surface area (Å²) in [5, 5.41) is 2.85. The summed E-state index contributed by atoms with van der Waals surface area (Å²) in [5.41, 5.74) is 3.97. The van der Waals surface area contributed by atoms with Crippen LogP contribution in [0.4, 0.5) is 0 Å². The van der Waals surface area contributed by atoms with Crippen molar-refractivity contribution in [2.24, 2.45) is 0 Å². The van der Waals surface area contributed by atoms with E-state index in [9.17, 15) is 4.79 Å². The van der Waals surface area contributed by atoms with Crippen molar-refractivity contribution in [2.45, 2.75) is 25.7 Å². The van der Waals surface area contributed by atoms with Gasteiger partial charge in [0.25, 0.3) is 0 Å². The topological polar surface area (TPSA) is 65.4 Å². The minimum absolute atomic E-state index is 0.0719. The van der Waals surface area contributed by atoms with Crippen LogP contribution < -0.4 is 10.1 Å². The molecule has 0 aliphatic carbocycles. The number of hydrogen-bond acceptors (Lipinski definition) is 4. The molecule has 34 heavy (non-hydrogen) atoms. The van der Waals surface area contributed by atoms with E-state index >= 15 is 0 Å². The maximum atomic E-state index is 11.8. The van der Waals surface area contributed by atoms with Gasteiger partial charge in [0.05, 0.1) is 18.7 Å². The second-order valence-electron chi connectivity index (χ2n) is 8.10. The highest BCUT2D eigenvalue weighted by Gasteiger charge is 2.17. The number of aromatic nitrogens is 2. The van der Waals surface area contributed by atoms with Gasteiger partial charge in [-0.1, -0.05) is 54.6 Å². The molecule has 3 aromatic carbocycles. The fraction of sp³-hybridized carbons (Fsp3) is 0.286. The van der Waals surface area contributed by atoms with Crippen molar-refractivity contribution < 1.29 is 14.3 Å². The predicted molar refractivity (Wildman–Crippen MR) is 135 cm³/mol. The number of ether oxygens (including phenoxy) is 2. The van der Waals surface area contributed by atoms with Crippen molar-refractivity contribution in [2.75, 3.05) is 26.9 Å². The summed E-state index contributed by atoms with van der Waals surface area (Å²) in [5.74, 6) is 1.74. The lowest BCUT2D eigenvalue weighted by Gasteiger charge is -2.10. The Kier molecular flexibility index (Phi) is 8.30. The van der Waals surface area contributed by atoms with Gasteiger partial charge in [-0.15, -0.1) is 0 Å². The molecule has 1 aromatic heterocycles. The number of imidazole rings is 1. The zero-order valence-corrected chi connectivity index (χ0v) is 19.6. The van der Waals surface area contributed by atoms with Gasteiger partial charge >= 0.3 is 0 Å². The summed E-state index contributed by atoms with van der Waals surface area (Å²) in [6, 6.07) is 26.6. The number of nitrogens with zero attached hydrogens (tertiary/aromatic N) is 2. The van der Waals surface area contributed by atoms with Crippen LogP contribution in [-0.4, -0.2) is 42.3 Å². The van der Waals surface area contributed by atoms with E-state index in [1.807, 2.05) is 48.5 Å². The number of fused-ring (bicyclic) bond motifs is 1. The number of carbonyl (C=O) groups is 1. The molecule has 0 atom stereocenters. The number of methoxy groups -OCH3 is 1. The second-order valence-corrected chi connectivity index (χ2v) is 8.10. The number of para-hydroxylation sites is 2. The lowest BCUT2D eigenvalue weighted by molar-refractivity contribution is -0.121. The molecule has 1 heterocycles. The van der Waals surface area contributed by atoms with E-state index in [-0.39, 0.29) is 5.91 Å². The Morgan fingerprint density at radius 1 is 0.882 bits per heavy atom. The number of carbonyl (C=O) groups excluding carboxylic acids is 1. The fourth-order valence-electron chi connectivity index (χ4n) is 3.94. The highest BCUT2D eigenvalue weighted by Crippen LogP contribution is 2.33. The Hall–Kier alpha value is -3.64. The Morgan fingerprint density at radius 3 is 2.41 bits per heavy atom. The van der Waals surface area contributed by atoms with Crippen LogP contribution in [0.25, 0.3) is 28.1 Å². The molecule has 0 saturated carbocycles. The molecule has 176 valence electrons. The number of unbranched alkanes of at least 4 members (excludes halogenated alkanes) is 2. The molecule has 0 bridgehead atoms. The molecule has 0 radical (unpaired) electrons. The Balaban J connectivity index is 1.45. The lowest BCUT2D eigenvalue weighted by Crippen LogP contribution is -2.26. The highest BCUT2D eigenvalue weighted by atomic mass is 16.5. The molecule has 6 nitrogen and oxygen atoms in total. The van der Waals surface area contributed by atoms with Gasteiger partial charge in [-0.05, 0) is 43.5 Å². The minimum atomic E-state index is 0.0719. The van der Waals surface area contributed by atoms with Gasteiger partial charge in [0.15, 0.2) is 0 Å². The summed E-state index contributed by atoms with van der Waals surface area (Å²) in [6.07, 6.45) is 3.18. The van der Waals surface area contributed by atoms with Gasteiger partial charge in [0.2, 0.25) is 5.91 Å². The van der Waals surface area contributed by atoms with Crippen LogP contribution in [-0.2, 0) is 9.53 Å². The molecule has 1 N–H and O–H groups in total. The molecule has 4 rings (SSSR count). The first kappa shape index (κ1) is 23.5. The first-order chi connectivity index (χ1) is 16.8. The maximum absolute atomic E-state index is 11.8. The lowest BCUT2D eigenvalue weighted by atomic mass is 10.2. The van der Waals surface area contributed by atoms with Gasteiger partial charge in [-0.3, -0.25) is 9.36 Å². The van der Waals surface area contributed by atoms with Gasteiger partial charge in [0.1, 0.15) is 17.1 Å². The third-order valence-electron chi connectivity index (χ3n) is 5.63. The summed E-state index contributed by atoms with van der Waals surface area (Å²) >= 11 is 0. The summed E-state index contributed by atoms with van der Waals surface area (Å²) in [6.45, 7) is 1.68. The highest BCUT2D eigenvalue weighted by molar-refractivity contribution is 5.88. The summed E-state index contributed by atoms with van der Waals surface area (Å²) < 4.78 is 13.3. The molecular formula is C28H31N3O3. The van der Waals surface area contributed by atoms with Crippen molar-refractivity contribution in [3.8, 4) is 22.8 Å². The molecule has 6 heteroatoms. The van der Waals surface area contributed by atoms with E-state index in [1.54, 1.807) is 7.11 Å². The first-order valence-electron chi connectivity index (χ1n) is 11.8. The van der Waals surface area contributed by atoms with E-state index in [1.165, 1.54) is 0 Å². The molecule has 0 aliphatic rings. The van der Waals surface area contributed by atoms with Gasteiger partial charge < -0.3 is 14.8 Å². The smallest absolute Gasteiger partial charge is 0.220 e. The number of hydrogen-bond donors (Lipinski definition) is 1. The van der Waals surface area contributed by atoms with Crippen molar-refractivity contribution in [1.29, 1.82) is 0 Å². The van der Waals surface area contributed by atoms with Crippen molar-refractivity contribution in [1.82, 2.24) is 14.9 Å². The van der Waals surface area contributed by atoms with E-state index in [0.717, 1.165) is 53.1 Å². The SMILES string of the molecule is COCCNC(=O)CCCCCOc1cccc2c1nc(-c1ccccc1)n2-c1ccccc1. The number of nitrogens with one attached hydrogen (secondary N) is 1. The first-order valence-corrected chi connectivity index (χ1v) is 11.8. The van der Waals surface area contributed by atoms with Gasteiger partial charge in [-0.2, -0.15) is 0 Å². The van der Waals surface area contributed by atoms with Crippen molar-refractivity contribution in [3.05, 3.63) is 78.9 Å². The Labute approximate surface area is 200 Å². The number of benzene rings is 3. The third kappa shape index (κ3) is 5.83. The fourth-order valence-corrected chi connectivity index (χ4v) is 3.94. The van der Waals surface area contributed by atoms with Crippen LogP contribution in [0.3, 0.4) is 0 Å². The van der Waals surface area contributed by atoms with E-state index in [4.69, 9.17) is 14.5 Å². The molecule has 4 aromatic rings. The van der Waals surface area contributed by atoms with Gasteiger partial charge in [-0.25, -0.2) is 4.98 Å². The molecular weight excluding hydrogens is 426 g/mol. The van der Waals surface area contributed by atoms with Crippen molar-refractivity contribution in [3.63, 3.8) is 0 Å². The standard InChI is InChI=1S/C28H31N3O3/c1-33-21-19-29-26(32)18-9-4-10-20-34-25-17-11-16-24-27(25)30-28(22-12-5-2-6-13-22)31(24)23-14-7-3-8-15-23/h2-3,5-8,11-17H,4,9-10,18-21H2,1H3,(H,29,32). The molecule has 0 aliphatic heterocycles. The van der Waals surface area contributed by atoms with Crippen molar-refractivity contribution >= 4 is 16.9 Å². The minimum Gasteiger partial charge on any atom is -0.491 e. The average Bonchev–Trinajstić information content (AvgIpc) is 3.28. The van der Waals surface area contributed by atoms with Crippen LogP contribution in [0.5, 0.6) is 5.75 Å². The largest absolute Gasteiger partial charge is 0.491 e. The van der Waals surface area contributed by atoms with Crippen LogP contribution >= 0.6 is 0 Å². The van der Waals surface area contributed by atoms with E-state index < -0.39 is 0 Å². The third-order valence-corrected chi connectivity index (χ3v) is 5.63. The molecule has 1 amide bonds. The van der Waals surface area contributed by atoms with Crippen LogP contribution in [0.1, 0.15) is 25.7 Å². The quantitative estimate of drug-likeness (QED) is 0.290. The Morgan fingerprint density at radius 2 is 1.65 bits per heavy atom. The molecule has 0 saturated heterocycles. The van der Waals surface area contributed by atoms with Crippen LogP contribution in [0, 0.1) is 0 Å². The summed E-state index contributed by atoms with van der Waals surface area (Å²) in [4.78, 5) is 16.8. The van der Waals surface area contributed by atoms with Gasteiger partial charge in [0, 0.05) is 31.3 Å². The normalized spacial score (nSPS) is 11.0. The second kappa shape index (κ2) is 12.0.